The molecule has 0 fully saturated rings. The molecule has 0 spiro atoms. The van der Waals surface area contributed by atoms with Gasteiger partial charge in [-0.15, -0.1) is 12.4 Å². The first-order valence-corrected chi connectivity index (χ1v) is 9.92. The van der Waals surface area contributed by atoms with E-state index in [2.05, 4.69) is 11.9 Å². The topological polar surface area (TPSA) is 107 Å². The average molecular weight is 377 g/mol. The van der Waals surface area contributed by atoms with Crippen LogP contribution in [0.4, 0.5) is 0 Å². The normalized spacial score (nSPS) is 11.6. The largest absolute Gasteiger partial charge is 0.370 e. The summed E-state index contributed by atoms with van der Waals surface area (Å²) in [6.45, 7) is 2.94. The molecule has 1 atom stereocenters. The van der Waals surface area contributed by atoms with E-state index in [1.807, 2.05) is 0 Å². The Labute approximate surface area is 161 Å². The molecule has 0 aromatic rings. The van der Waals surface area contributed by atoms with E-state index in [1.165, 1.54) is 44.9 Å². The summed E-state index contributed by atoms with van der Waals surface area (Å²) < 4.78 is 0. The lowest BCUT2D eigenvalue weighted by Crippen LogP contribution is -2.23. The highest BCUT2D eigenvalue weighted by Gasteiger charge is 2.14. The first kappa shape index (κ1) is 26.3. The standard InChI is InChI=1S/C19H40N4O.ClH/c1-2-3-4-5-6-7-8-11-14-17(18(20)24)15-12-9-10-13-16-23-19(21)22;/h17H,2-16H2,1H3,(H2,20,24)(H4,21,22,23);1H. The summed E-state index contributed by atoms with van der Waals surface area (Å²) in [5.74, 6) is 0.0930. The van der Waals surface area contributed by atoms with Crippen molar-refractivity contribution in [2.45, 2.75) is 96.8 Å². The van der Waals surface area contributed by atoms with Crippen molar-refractivity contribution in [3.05, 3.63) is 0 Å². The Morgan fingerprint density at radius 1 is 0.760 bits per heavy atom. The van der Waals surface area contributed by atoms with Crippen molar-refractivity contribution >= 4 is 24.3 Å². The van der Waals surface area contributed by atoms with E-state index in [4.69, 9.17) is 17.2 Å². The average Bonchev–Trinajstić information content (AvgIpc) is 2.53. The molecule has 150 valence electrons. The molecule has 0 saturated carbocycles. The first-order valence-electron chi connectivity index (χ1n) is 9.92. The third-order valence-electron chi connectivity index (χ3n) is 4.56. The summed E-state index contributed by atoms with van der Waals surface area (Å²) in [5.41, 5.74) is 16.1. The van der Waals surface area contributed by atoms with Gasteiger partial charge < -0.3 is 17.2 Å². The smallest absolute Gasteiger partial charge is 0.220 e. The lowest BCUT2D eigenvalue weighted by molar-refractivity contribution is -0.122. The minimum atomic E-state index is -0.126. The van der Waals surface area contributed by atoms with E-state index < -0.39 is 0 Å². The molecule has 0 radical (unpaired) electrons. The van der Waals surface area contributed by atoms with Gasteiger partial charge in [-0.2, -0.15) is 0 Å². The van der Waals surface area contributed by atoms with E-state index in [9.17, 15) is 4.79 Å². The van der Waals surface area contributed by atoms with Gasteiger partial charge in [-0.1, -0.05) is 77.6 Å². The molecule has 6 N–H and O–H groups in total. The van der Waals surface area contributed by atoms with Gasteiger partial charge in [0.25, 0.3) is 0 Å². The van der Waals surface area contributed by atoms with Crippen LogP contribution in [0.5, 0.6) is 0 Å². The van der Waals surface area contributed by atoms with E-state index in [0.717, 1.165) is 44.9 Å². The molecule has 0 aliphatic heterocycles. The summed E-state index contributed by atoms with van der Waals surface area (Å²) >= 11 is 0. The van der Waals surface area contributed by atoms with Gasteiger partial charge >= 0.3 is 0 Å². The van der Waals surface area contributed by atoms with Crippen LogP contribution < -0.4 is 17.2 Å². The number of unbranched alkanes of at least 4 members (excludes halogenated alkanes) is 10. The van der Waals surface area contributed by atoms with Crippen LogP contribution in [0.25, 0.3) is 0 Å². The molecule has 0 rings (SSSR count). The zero-order valence-electron chi connectivity index (χ0n) is 16.2. The van der Waals surface area contributed by atoms with Crippen LogP contribution in [0, 0.1) is 5.92 Å². The fraction of sp³-hybridized carbons (Fsp3) is 0.895. The van der Waals surface area contributed by atoms with Crippen molar-refractivity contribution in [1.29, 1.82) is 0 Å². The summed E-state index contributed by atoms with van der Waals surface area (Å²) in [6.07, 6.45) is 16.5. The number of amides is 1. The van der Waals surface area contributed by atoms with Gasteiger partial charge in [-0.05, 0) is 19.3 Å². The molecular formula is C19H41ClN4O. The molecule has 0 aliphatic rings. The van der Waals surface area contributed by atoms with Crippen LogP contribution in [0.15, 0.2) is 4.99 Å². The number of guanidine groups is 1. The molecule has 1 unspecified atom stereocenters. The van der Waals surface area contributed by atoms with Gasteiger partial charge in [0, 0.05) is 12.5 Å². The molecule has 0 saturated heterocycles. The minimum Gasteiger partial charge on any atom is -0.370 e. The van der Waals surface area contributed by atoms with Crippen LogP contribution in [0.2, 0.25) is 0 Å². The maximum absolute atomic E-state index is 11.6. The van der Waals surface area contributed by atoms with E-state index in [-0.39, 0.29) is 30.2 Å². The molecule has 6 heteroatoms. The summed E-state index contributed by atoms with van der Waals surface area (Å²) in [6, 6.07) is 0. The highest BCUT2D eigenvalue weighted by Crippen LogP contribution is 2.18. The minimum absolute atomic E-state index is 0. The second kappa shape index (κ2) is 19.4. The fourth-order valence-electron chi connectivity index (χ4n) is 3.02. The van der Waals surface area contributed by atoms with Gasteiger partial charge in [0.05, 0.1) is 0 Å². The van der Waals surface area contributed by atoms with Gasteiger partial charge in [-0.3, -0.25) is 9.79 Å². The van der Waals surface area contributed by atoms with Crippen molar-refractivity contribution in [1.82, 2.24) is 0 Å². The molecule has 0 heterocycles. The van der Waals surface area contributed by atoms with Gasteiger partial charge in [0.15, 0.2) is 5.96 Å². The number of primary amides is 1. The maximum Gasteiger partial charge on any atom is 0.220 e. The quantitative estimate of drug-likeness (QED) is 0.200. The zero-order valence-corrected chi connectivity index (χ0v) is 17.0. The molecular weight excluding hydrogens is 336 g/mol. The molecule has 0 aliphatic carbocycles. The zero-order chi connectivity index (χ0) is 18.0. The van der Waals surface area contributed by atoms with Crippen molar-refractivity contribution in [2.75, 3.05) is 6.54 Å². The van der Waals surface area contributed by atoms with E-state index in [0.29, 0.717) is 6.54 Å². The van der Waals surface area contributed by atoms with Gasteiger partial charge in [0.2, 0.25) is 5.91 Å². The number of halogens is 1. The predicted octanol–water partition coefficient (Wildman–Crippen LogP) is 4.26. The van der Waals surface area contributed by atoms with Crippen molar-refractivity contribution in [3.63, 3.8) is 0 Å². The number of nitrogens with zero attached hydrogens (tertiary/aromatic N) is 1. The van der Waals surface area contributed by atoms with Crippen molar-refractivity contribution < 1.29 is 4.79 Å². The van der Waals surface area contributed by atoms with Crippen LogP contribution in [0.1, 0.15) is 96.8 Å². The summed E-state index contributed by atoms with van der Waals surface area (Å²) in [7, 11) is 0. The highest BCUT2D eigenvalue weighted by molar-refractivity contribution is 5.85. The van der Waals surface area contributed by atoms with Gasteiger partial charge in [0.1, 0.15) is 0 Å². The molecule has 0 aromatic carbocycles. The number of rotatable bonds is 17. The maximum atomic E-state index is 11.6. The third kappa shape index (κ3) is 19.2. The second-order valence-corrected chi connectivity index (χ2v) is 6.87. The van der Waals surface area contributed by atoms with Crippen LogP contribution in [-0.2, 0) is 4.79 Å². The molecule has 5 nitrogen and oxygen atoms in total. The number of hydrogen-bond acceptors (Lipinski definition) is 2. The van der Waals surface area contributed by atoms with Crippen LogP contribution >= 0.6 is 12.4 Å². The van der Waals surface area contributed by atoms with Crippen molar-refractivity contribution in [2.24, 2.45) is 28.1 Å². The van der Waals surface area contributed by atoms with Crippen LogP contribution in [0.3, 0.4) is 0 Å². The number of nitrogens with two attached hydrogens (primary N) is 3. The lowest BCUT2D eigenvalue weighted by Gasteiger charge is -2.13. The Morgan fingerprint density at radius 2 is 1.20 bits per heavy atom. The summed E-state index contributed by atoms with van der Waals surface area (Å²) in [4.78, 5) is 15.5. The Morgan fingerprint density at radius 3 is 1.64 bits per heavy atom. The number of aliphatic imine (C=N–C) groups is 1. The number of carbonyl (C=O) groups is 1. The predicted molar refractivity (Wildman–Crippen MR) is 111 cm³/mol. The SMILES string of the molecule is CCCCCCCCCCC(CCCCCCN=C(N)N)C(N)=O.Cl. The second-order valence-electron chi connectivity index (χ2n) is 6.87. The van der Waals surface area contributed by atoms with E-state index >= 15 is 0 Å². The Kier molecular flexibility index (Phi) is 20.3. The molecule has 0 aromatic heterocycles. The Bertz CT molecular complexity index is 333. The Hall–Kier alpha value is -0.970. The molecule has 0 bridgehead atoms. The van der Waals surface area contributed by atoms with Crippen LogP contribution in [-0.4, -0.2) is 18.4 Å². The highest BCUT2D eigenvalue weighted by atomic mass is 35.5. The number of carbonyl (C=O) groups excluding carboxylic acids is 1. The Balaban J connectivity index is 0. The molecule has 1 amide bonds. The number of hydrogen-bond donors (Lipinski definition) is 3. The third-order valence-corrected chi connectivity index (χ3v) is 4.56. The first-order chi connectivity index (χ1) is 11.6. The fourth-order valence-corrected chi connectivity index (χ4v) is 3.02. The summed E-state index contributed by atoms with van der Waals surface area (Å²) in [5, 5.41) is 0. The molecule has 25 heavy (non-hydrogen) atoms. The van der Waals surface area contributed by atoms with Crippen molar-refractivity contribution in [3.8, 4) is 0 Å². The van der Waals surface area contributed by atoms with Gasteiger partial charge in [-0.25, -0.2) is 0 Å². The lowest BCUT2D eigenvalue weighted by atomic mass is 9.93. The monoisotopic (exact) mass is 376 g/mol. The van der Waals surface area contributed by atoms with E-state index in [1.54, 1.807) is 0 Å².